The number of carbonyl (C=O) groups is 2. The Morgan fingerprint density at radius 3 is 2.60 bits per heavy atom. The van der Waals surface area contributed by atoms with Crippen molar-refractivity contribution in [3.63, 3.8) is 0 Å². The first-order valence-corrected chi connectivity index (χ1v) is 7.66. The second-order valence-electron chi connectivity index (χ2n) is 6.14. The molecule has 0 aromatic rings. The zero-order valence-electron chi connectivity index (χ0n) is 12.7. The number of aliphatic carboxylic acids is 1. The Labute approximate surface area is 121 Å². The number of carboxylic acid groups (broad SMARTS) is 1. The summed E-state index contributed by atoms with van der Waals surface area (Å²) in [7, 11) is 0. The van der Waals surface area contributed by atoms with Gasteiger partial charge in [0.25, 0.3) is 0 Å². The van der Waals surface area contributed by atoms with Crippen molar-refractivity contribution in [1.29, 1.82) is 0 Å². The fourth-order valence-electron chi connectivity index (χ4n) is 2.90. The molecule has 0 spiro atoms. The summed E-state index contributed by atoms with van der Waals surface area (Å²) in [6, 6.07) is 0. The van der Waals surface area contributed by atoms with E-state index < -0.39 is 11.9 Å². The number of amides is 1. The molecule has 0 aliphatic carbocycles. The average Bonchev–Trinajstić information content (AvgIpc) is 2.42. The Bertz CT molecular complexity index is 331. The van der Waals surface area contributed by atoms with Gasteiger partial charge in [-0.3, -0.25) is 9.59 Å². The number of carboxylic acids is 1. The van der Waals surface area contributed by atoms with Crippen LogP contribution in [0.2, 0.25) is 0 Å². The van der Waals surface area contributed by atoms with E-state index in [2.05, 4.69) is 13.8 Å². The zero-order valence-corrected chi connectivity index (χ0v) is 12.7. The van der Waals surface area contributed by atoms with E-state index in [1.807, 2.05) is 0 Å². The second kappa shape index (κ2) is 8.25. The van der Waals surface area contributed by atoms with Crippen molar-refractivity contribution >= 4 is 11.9 Å². The van der Waals surface area contributed by atoms with Crippen LogP contribution < -0.4 is 5.73 Å². The molecule has 1 saturated heterocycles. The number of likely N-dealkylation sites (tertiary alicyclic amines) is 1. The lowest BCUT2D eigenvalue weighted by Crippen LogP contribution is -2.42. The van der Waals surface area contributed by atoms with Gasteiger partial charge in [0.1, 0.15) is 0 Å². The van der Waals surface area contributed by atoms with E-state index in [0.29, 0.717) is 44.3 Å². The molecule has 1 aliphatic rings. The minimum absolute atomic E-state index is 0.0959. The van der Waals surface area contributed by atoms with Crippen LogP contribution in [0.4, 0.5) is 0 Å². The first-order valence-electron chi connectivity index (χ1n) is 7.66. The van der Waals surface area contributed by atoms with Gasteiger partial charge in [0.15, 0.2) is 0 Å². The number of hydrogen-bond acceptors (Lipinski definition) is 3. The fourth-order valence-corrected chi connectivity index (χ4v) is 2.90. The number of rotatable bonds is 7. The quantitative estimate of drug-likeness (QED) is 0.745. The molecule has 1 unspecified atom stereocenters. The van der Waals surface area contributed by atoms with Gasteiger partial charge in [0, 0.05) is 19.5 Å². The largest absolute Gasteiger partial charge is 0.481 e. The standard InChI is InChI=1S/C15H28N2O3/c1-11(2)12(7-8-16)5-6-14(18)17-9-3-4-13(10-17)15(19)20/h11-13H,3-10,16H2,1-2H3,(H,19,20)/t12?,13-/m1/s1. The van der Waals surface area contributed by atoms with Crippen molar-refractivity contribution in [1.82, 2.24) is 4.90 Å². The summed E-state index contributed by atoms with van der Waals surface area (Å²) < 4.78 is 0. The van der Waals surface area contributed by atoms with Gasteiger partial charge in [0.2, 0.25) is 5.91 Å². The SMILES string of the molecule is CC(C)C(CCN)CCC(=O)N1CCC[C@@H](C(=O)O)C1. The number of carbonyl (C=O) groups excluding carboxylic acids is 1. The van der Waals surface area contributed by atoms with E-state index in [-0.39, 0.29) is 5.91 Å². The van der Waals surface area contributed by atoms with Crippen molar-refractivity contribution < 1.29 is 14.7 Å². The molecule has 0 aromatic carbocycles. The molecular formula is C15H28N2O3. The number of nitrogens with two attached hydrogens (primary N) is 1. The first kappa shape index (κ1) is 17.0. The second-order valence-corrected chi connectivity index (χ2v) is 6.14. The van der Waals surface area contributed by atoms with Crippen LogP contribution in [0, 0.1) is 17.8 Å². The highest BCUT2D eigenvalue weighted by Gasteiger charge is 2.28. The minimum atomic E-state index is -0.786. The smallest absolute Gasteiger partial charge is 0.308 e. The predicted octanol–water partition coefficient (Wildman–Crippen LogP) is 1.71. The third kappa shape index (κ3) is 5.12. The van der Waals surface area contributed by atoms with Crippen LogP contribution in [0.1, 0.15) is 46.0 Å². The highest BCUT2D eigenvalue weighted by atomic mass is 16.4. The number of nitrogens with zero attached hydrogens (tertiary/aromatic N) is 1. The van der Waals surface area contributed by atoms with Gasteiger partial charge in [-0.1, -0.05) is 13.8 Å². The number of piperidine rings is 1. The van der Waals surface area contributed by atoms with Gasteiger partial charge in [-0.15, -0.1) is 0 Å². The summed E-state index contributed by atoms with van der Waals surface area (Å²) >= 11 is 0. The van der Waals surface area contributed by atoms with Gasteiger partial charge >= 0.3 is 5.97 Å². The third-order valence-electron chi connectivity index (χ3n) is 4.33. The van der Waals surface area contributed by atoms with Crippen LogP contribution >= 0.6 is 0 Å². The van der Waals surface area contributed by atoms with Gasteiger partial charge < -0.3 is 15.7 Å². The Morgan fingerprint density at radius 1 is 1.35 bits per heavy atom. The Morgan fingerprint density at radius 2 is 2.05 bits per heavy atom. The monoisotopic (exact) mass is 284 g/mol. The van der Waals surface area contributed by atoms with E-state index in [4.69, 9.17) is 10.8 Å². The summed E-state index contributed by atoms with van der Waals surface area (Å²) in [6.45, 7) is 6.05. The molecule has 1 amide bonds. The van der Waals surface area contributed by atoms with E-state index >= 15 is 0 Å². The molecule has 116 valence electrons. The van der Waals surface area contributed by atoms with E-state index in [1.54, 1.807) is 4.90 Å². The van der Waals surface area contributed by atoms with Crippen LogP contribution in [0.25, 0.3) is 0 Å². The lowest BCUT2D eigenvalue weighted by Gasteiger charge is -2.31. The lowest BCUT2D eigenvalue weighted by atomic mass is 9.88. The minimum Gasteiger partial charge on any atom is -0.481 e. The van der Waals surface area contributed by atoms with Gasteiger partial charge in [-0.05, 0) is 44.1 Å². The van der Waals surface area contributed by atoms with E-state index in [1.165, 1.54) is 0 Å². The molecule has 3 N–H and O–H groups in total. The molecular weight excluding hydrogens is 256 g/mol. The van der Waals surface area contributed by atoms with E-state index in [9.17, 15) is 9.59 Å². The highest BCUT2D eigenvalue weighted by molar-refractivity contribution is 5.78. The molecule has 1 aliphatic heterocycles. The Kier molecular flexibility index (Phi) is 6.99. The van der Waals surface area contributed by atoms with Crippen LogP contribution in [0.3, 0.4) is 0 Å². The predicted molar refractivity (Wildman–Crippen MR) is 78.2 cm³/mol. The zero-order chi connectivity index (χ0) is 15.1. The Balaban J connectivity index is 2.43. The maximum Gasteiger partial charge on any atom is 0.308 e. The molecule has 5 heteroatoms. The molecule has 1 fully saturated rings. The summed E-state index contributed by atoms with van der Waals surface area (Å²) in [5.41, 5.74) is 5.61. The van der Waals surface area contributed by atoms with Crippen LogP contribution in [-0.2, 0) is 9.59 Å². The molecule has 2 atom stereocenters. The molecule has 5 nitrogen and oxygen atoms in total. The number of hydrogen-bond donors (Lipinski definition) is 2. The van der Waals surface area contributed by atoms with Crippen molar-refractivity contribution in [2.75, 3.05) is 19.6 Å². The molecule has 0 bridgehead atoms. The Hall–Kier alpha value is -1.10. The van der Waals surface area contributed by atoms with Crippen molar-refractivity contribution in [3.8, 4) is 0 Å². The summed E-state index contributed by atoms with van der Waals surface area (Å²) in [4.78, 5) is 24.9. The highest BCUT2D eigenvalue weighted by Crippen LogP contribution is 2.22. The summed E-state index contributed by atoms with van der Waals surface area (Å²) in [5.74, 6) is -0.0783. The lowest BCUT2D eigenvalue weighted by molar-refractivity contribution is -0.145. The average molecular weight is 284 g/mol. The van der Waals surface area contributed by atoms with E-state index in [0.717, 1.165) is 19.3 Å². The molecule has 1 rings (SSSR count). The van der Waals surface area contributed by atoms with Gasteiger partial charge in [0.05, 0.1) is 5.92 Å². The van der Waals surface area contributed by atoms with Crippen molar-refractivity contribution in [2.24, 2.45) is 23.5 Å². The molecule has 0 radical (unpaired) electrons. The third-order valence-corrected chi connectivity index (χ3v) is 4.33. The summed E-state index contributed by atoms with van der Waals surface area (Å²) in [5, 5.41) is 9.05. The van der Waals surface area contributed by atoms with Crippen LogP contribution in [0.5, 0.6) is 0 Å². The normalized spacial score (nSPS) is 21.0. The molecule has 0 saturated carbocycles. The topological polar surface area (TPSA) is 83.6 Å². The molecule has 1 heterocycles. The van der Waals surface area contributed by atoms with Crippen LogP contribution in [-0.4, -0.2) is 41.5 Å². The van der Waals surface area contributed by atoms with Crippen molar-refractivity contribution in [2.45, 2.75) is 46.0 Å². The van der Waals surface area contributed by atoms with Gasteiger partial charge in [-0.2, -0.15) is 0 Å². The fraction of sp³-hybridized carbons (Fsp3) is 0.867. The molecule has 0 aromatic heterocycles. The maximum absolute atomic E-state index is 12.2. The molecule has 20 heavy (non-hydrogen) atoms. The summed E-state index contributed by atoms with van der Waals surface area (Å²) in [6.07, 6.45) is 3.78. The van der Waals surface area contributed by atoms with Crippen LogP contribution in [0.15, 0.2) is 0 Å². The van der Waals surface area contributed by atoms with Gasteiger partial charge in [-0.25, -0.2) is 0 Å². The first-order chi connectivity index (χ1) is 9.45. The van der Waals surface area contributed by atoms with Crippen molar-refractivity contribution in [3.05, 3.63) is 0 Å². The maximum atomic E-state index is 12.2.